The normalized spacial score (nSPS) is 11.2. The number of nitrogens with zero attached hydrogens (tertiary/aromatic N) is 2. The van der Waals surface area contributed by atoms with E-state index in [2.05, 4.69) is 10.5 Å². The topological polar surface area (TPSA) is 148 Å². The Labute approximate surface area is 142 Å². The van der Waals surface area contributed by atoms with Crippen molar-refractivity contribution in [1.29, 1.82) is 5.26 Å². The third-order valence-electron chi connectivity index (χ3n) is 2.50. The lowest BCUT2D eigenvalue weighted by atomic mass is 10.1. The Hall–Kier alpha value is -2.80. The highest BCUT2D eigenvalue weighted by Crippen LogP contribution is 2.08. The molecule has 10 heteroatoms. The van der Waals surface area contributed by atoms with E-state index in [-0.39, 0.29) is 28.7 Å². The second kappa shape index (κ2) is 9.36. The van der Waals surface area contributed by atoms with Crippen molar-refractivity contribution in [2.75, 3.05) is 23.4 Å². The molecule has 3 N–H and O–H groups in total. The number of rotatable bonds is 8. The van der Waals surface area contributed by atoms with Crippen molar-refractivity contribution in [1.82, 2.24) is 5.16 Å². The number of carbonyl (C=O) groups excluding carboxylic acids is 3. The fraction of sp³-hybridized carbons (Fsp3) is 0.357. The van der Waals surface area contributed by atoms with Crippen molar-refractivity contribution < 1.29 is 23.6 Å². The van der Waals surface area contributed by atoms with Gasteiger partial charge in [0.25, 0.3) is 0 Å². The molecule has 0 aliphatic rings. The summed E-state index contributed by atoms with van der Waals surface area (Å²) in [6.07, 6.45) is 0. The minimum Gasteiger partial charge on any atom is -0.457 e. The second-order valence-corrected chi connectivity index (χ2v) is 5.60. The van der Waals surface area contributed by atoms with Gasteiger partial charge in [0, 0.05) is 11.8 Å². The third kappa shape index (κ3) is 6.53. The molecule has 24 heavy (non-hydrogen) atoms. The number of ether oxygens (including phenoxy) is 1. The van der Waals surface area contributed by atoms with E-state index in [4.69, 9.17) is 20.3 Å². The van der Waals surface area contributed by atoms with Crippen molar-refractivity contribution in [2.45, 2.75) is 13.8 Å². The van der Waals surface area contributed by atoms with Crippen molar-refractivity contribution in [3.63, 3.8) is 0 Å². The van der Waals surface area contributed by atoms with Crippen LogP contribution in [0.15, 0.2) is 21.9 Å². The van der Waals surface area contributed by atoms with Gasteiger partial charge in [0.05, 0.1) is 11.5 Å². The molecule has 0 saturated carbocycles. The molecular weight excluding hydrogens is 336 g/mol. The monoisotopic (exact) mass is 352 g/mol. The lowest BCUT2D eigenvalue weighted by Crippen LogP contribution is -2.20. The molecule has 0 atom stereocenters. The summed E-state index contributed by atoms with van der Waals surface area (Å²) in [5, 5.41) is 14.8. The number of nitrogens with two attached hydrogens (primary N) is 1. The molecule has 0 aliphatic heterocycles. The molecule has 0 fully saturated rings. The minimum absolute atomic E-state index is 0.000209. The maximum absolute atomic E-state index is 11.6. The zero-order valence-electron chi connectivity index (χ0n) is 13.1. The number of ketones is 1. The molecular formula is C14H16N4O5S. The maximum Gasteiger partial charge on any atom is 0.316 e. The number of carbonyl (C=O) groups is 3. The number of Topliss-reactive ketones (excluding diaryl/α,β-unsaturated/α-hetero) is 1. The first kappa shape index (κ1) is 19.2. The van der Waals surface area contributed by atoms with E-state index in [9.17, 15) is 14.4 Å². The number of nitrogens with one attached hydrogen (secondary N) is 1. The van der Waals surface area contributed by atoms with Crippen LogP contribution in [0.1, 0.15) is 12.7 Å². The average molecular weight is 352 g/mol. The molecule has 9 nitrogen and oxygen atoms in total. The van der Waals surface area contributed by atoms with Gasteiger partial charge in [0.2, 0.25) is 11.7 Å². The van der Waals surface area contributed by atoms with Crippen LogP contribution in [0, 0.1) is 18.3 Å². The molecule has 1 rings (SSSR count). The van der Waals surface area contributed by atoms with Crippen molar-refractivity contribution in [3.05, 3.63) is 23.1 Å². The van der Waals surface area contributed by atoms with Gasteiger partial charge < -0.3 is 20.3 Å². The summed E-state index contributed by atoms with van der Waals surface area (Å²) in [7, 11) is 0. The Bertz CT molecular complexity index is 700. The van der Waals surface area contributed by atoms with Gasteiger partial charge in [-0.3, -0.25) is 14.4 Å². The number of hydrogen-bond donors (Lipinski definition) is 2. The Morgan fingerprint density at radius 1 is 1.46 bits per heavy atom. The zero-order chi connectivity index (χ0) is 18.1. The van der Waals surface area contributed by atoms with E-state index in [1.165, 1.54) is 6.92 Å². The van der Waals surface area contributed by atoms with Crippen LogP contribution in [0.5, 0.6) is 0 Å². The van der Waals surface area contributed by atoms with E-state index in [1.807, 2.05) is 0 Å². The van der Waals surface area contributed by atoms with Gasteiger partial charge in [0.1, 0.15) is 17.4 Å². The lowest BCUT2D eigenvalue weighted by molar-refractivity contribution is -0.144. The molecule has 0 bridgehead atoms. The predicted octanol–water partition coefficient (Wildman–Crippen LogP) is 0.523. The maximum atomic E-state index is 11.6. The van der Waals surface area contributed by atoms with Crippen molar-refractivity contribution >= 4 is 35.2 Å². The molecule has 0 aliphatic carbocycles. The molecule has 1 amide bonds. The number of thioether (sulfide) groups is 1. The van der Waals surface area contributed by atoms with Gasteiger partial charge in [-0.15, -0.1) is 11.8 Å². The number of anilines is 1. The van der Waals surface area contributed by atoms with Crippen LogP contribution in [0.4, 0.5) is 5.82 Å². The van der Waals surface area contributed by atoms with Crippen molar-refractivity contribution in [3.8, 4) is 6.07 Å². The summed E-state index contributed by atoms with van der Waals surface area (Å²) >= 11 is 1.01. The standard InChI is InChI=1S/C14H16N4O5S/c1-8-3-12(18-23-8)17-13(20)6-24-7-14(21)22-5-11(19)10(4-15)9(2)16/h3H,5-7,16H2,1-2H3,(H,17,18,20)/b10-9+. The Balaban J connectivity index is 2.27. The van der Waals surface area contributed by atoms with Gasteiger partial charge in [-0.25, -0.2) is 0 Å². The average Bonchev–Trinajstić information content (AvgIpc) is 2.90. The van der Waals surface area contributed by atoms with Crippen LogP contribution in [0.3, 0.4) is 0 Å². The van der Waals surface area contributed by atoms with Gasteiger partial charge >= 0.3 is 5.97 Å². The molecule has 128 valence electrons. The third-order valence-corrected chi connectivity index (χ3v) is 3.40. The summed E-state index contributed by atoms with van der Waals surface area (Å²) in [6, 6.07) is 3.21. The van der Waals surface area contributed by atoms with Crippen LogP contribution in [-0.2, 0) is 19.1 Å². The summed E-state index contributed by atoms with van der Waals surface area (Å²) in [4.78, 5) is 34.7. The number of nitriles is 1. The van der Waals surface area contributed by atoms with Crippen LogP contribution >= 0.6 is 11.8 Å². The SMILES string of the molecule is C/C(N)=C(/C#N)C(=O)COC(=O)CSCC(=O)Nc1cc(C)on1. The van der Waals surface area contributed by atoms with E-state index in [0.717, 1.165) is 11.8 Å². The highest BCUT2D eigenvalue weighted by Gasteiger charge is 2.15. The molecule has 1 aromatic heterocycles. The van der Waals surface area contributed by atoms with E-state index in [0.29, 0.717) is 11.6 Å². The molecule has 0 radical (unpaired) electrons. The number of aromatic nitrogens is 1. The fourth-order valence-electron chi connectivity index (χ4n) is 1.46. The summed E-state index contributed by atoms with van der Waals surface area (Å²) < 4.78 is 9.53. The summed E-state index contributed by atoms with van der Waals surface area (Å²) in [6.45, 7) is 2.53. The number of allylic oxidation sites excluding steroid dienone is 1. The van der Waals surface area contributed by atoms with Gasteiger partial charge in [-0.2, -0.15) is 5.26 Å². The fourth-order valence-corrected chi connectivity index (χ4v) is 2.07. The van der Waals surface area contributed by atoms with Crippen molar-refractivity contribution in [2.24, 2.45) is 5.73 Å². The van der Waals surface area contributed by atoms with Crippen LogP contribution in [0.25, 0.3) is 0 Å². The zero-order valence-corrected chi connectivity index (χ0v) is 13.9. The molecule has 0 aromatic carbocycles. The summed E-state index contributed by atoms with van der Waals surface area (Å²) in [5.74, 6) is -0.971. The highest BCUT2D eigenvalue weighted by molar-refractivity contribution is 8.00. The van der Waals surface area contributed by atoms with Crippen LogP contribution in [-0.4, -0.2) is 40.9 Å². The molecule has 0 unspecified atom stereocenters. The van der Waals surface area contributed by atoms with Gasteiger partial charge in [0.15, 0.2) is 12.4 Å². The number of aryl methyl sites for hydroxylation is 1. The molecule has 1 aromatic rings. The second-order valence-electron chi connectivity index (χ2n) is 4.62. The molecule has 0 saturated heterocycles. The molecule has 1 heterocycles. The van der Waals surface area contributed by atoms with Crippen LogP contribution < -0.4 is 11.1 Å². The first-order chi connectivity index (χ1) is 11.3. The Morgan fingerprint density at radius 2 is 2.17 bits per heavy atom. The minimum atomic E-state index is -0.676. The van der Waals surface area contributed by atoms with Gasteiger partial charge in [-0.1, -0.05) is 5.16 Å². The number of amides is 1. The lowest BCUT2D eigenvalue weighted by Gasteiger charge is -2.04. The van der Waals surface area contributed by atoms with Crippen LogP contribution in [0.2, 0.25) is 0 Å². The smallest absolute Gasteiger partial charge is 0.316 e. The summed E-state index contributed by atoms with van der Waals surface area (Å²) in [5.41, 5.74) is 5.19. The van der Waals surface area contributed by atoms with E-state index in [1.54, 1.807) is 19.1 Å². The first-order valence-electron chi connectivity index (χ1n) is 6.69. The Morgan fingerprint density at radius 3 is 2.71 bits per heavy atom. The van der Waals surface area contributed by atoms with E-state index < -0.39 is 18.4 Å². The number of hydrogen-bond acceptors (Lipinski definition) is 9. The first-order valence-corrected chi connectivity index (χ1v) is 7.85. The Kier molecular flexibility index (Phi) is 7.51. The predicted molar refractivity (Wildman–Crippen MR) is 85.7 cm³/mol. The number of esters is 1. The quantitative estimate of drug-likeness (QED) is 0.388. The molecule has 0 spiro atoms. The highest BCUT2D eigenvalue weighted by atomic mass is 32.2. The van der Waals surface area contributed by atoms with E-state index >= 15 is 0 Å². The van der Waals surface area contributed by atoms with Gasteiger partial charge in [-0.05, 0) is 13.8 Å². The largest absolute Gasteiger partial charge is 0.457 e.